The lowest BCUT2D eigenvalue weighted by molar-refractivity contribution is -0.383. The first-order chi connectivity index (χ1) is 15.3. The fourth-order valence-electron chi connectivity index (χ4n) is 2.77. The number of para-hydroxylation sites is 1. The minimum absolute atomic E-state index is 0.0814. The van der Waals surface area contributed by atoms with E-state index < -0.39 is 29.1 Å². The summed E-state index contributed by atoms with van der Waals surface area (Å²) in [6.45, 7) is -0.685. The number of halogens is 1. The molecular formula is C21H16ClN3O6S. The number of carbonyl (C=O) groups is 3. The summed E-state index contributed by atoms with van der Waals surface area (Å²) >= 11 is 7.02. The van der Waals surface area contributed by atoms with E-state index in [0.29, 0.717) is 10.6 Å². The van der Waals surface area contributed by atoms with Crippen LogP contribution < -0.4 is 10.2 Å². The quantitative estimate of drug-likeness (QED) is 0.309. The number of thiophene rings is 1. The molecular weight excluding hydrogens is 458 g/mol. The molecule has 0 bridgehead atoms. The second-order valence-electron chi connectivity index (χ2n) is 6.40. The van der Waals surface area contributed by atoms with Crippen molar-refractivity contribution in [3.8, 4) is 0 Å². The lowest BCUT2D eigenvalue weighted by Gasteiger charge is -2.19. The van der Waals surface area contributed by atoms with E-state index >= 15 is 0 Å². The van der Waals surface area contributed by atoms with Crippen molar-refractivity contribution >= 4 is 57.8 Å². The highest BCUT2D eigenvalue weighted by Gasteiger charge is 2.22. The minimum Gasteiger partial charge on any atom is -0.452 e. The average Bonchev–Trinajstić information content (AvgIpc) is 3.32. The number of anilines is 2. The predicted molar refractivity (Wildman–Crippen MR) is 121 cm³/mol. The summed E-state index contributed by atoms with van der Waals surface area (Å²) in [6.07, 6.45) is 0. The van der Waals surface area contributed by atoms with Crippen LogP contribution in [0.1, 0.15) is 20.0 Å². The van der Waals surface area contributed by atoms with Gasteiger partial charge < -0.3 is 15.0 Å². The third-order valence-corrected chi connectivity index (χ3v) is 5.38. The molecule has 0 aliphatic rings. The Bertz CT molecular complexity index is 1180. The SMILES string of the molecule is CN(C(=O)c1cccs1)c1ccccc1C(=O)OCC(=O)Nc1ccc(Cl)cc1[N+](=O)[O-]. The van der Waals surface area contributed by atoms with E-state index in [9.17, 15) is 24.5 Å². The minimum atomic E-state index is -0.827. The maximum absolute atomic E-state index is 12.6. The summed E-state index contributed by atoms with van der Waals surface area (Å²) in [4.78, 5) is 49.6. The summed E-state index contributed by atoms with van der Waals surface area (Å²) < 4.78 is 5.07. The second kappa shape index (κ2) is 10.0. The Morgan fingerprint density at radius 2 is 1.91 bits per heavy atom. The van der Waals surface area contributed by atoms with Crippen LogP contribution in [-0.4, -0.2) is 36.4 Å². The Balaban J connectivity index is 1.69. The number of nitro groups is 1. The monoisotopic (exact) mass is 473 g/mol. The lowest BCUT2D eigenvalue weighted by atomic mass is 10.1. The zero-order chi connectivity index (χ0) is 23.3. The Hall–Kier alpha value is -3.76. The first-order valence-corrected chi connectivity index (χ1v) is 10.3. The molecule has 3 rings (SSSR count). The van der Waals surface area contributed by atoms with Crippen LogP contribution in [0.25, 0.3) is 0 Å². The van der Waals surface area contributed by atoms with Crippen molar-refractivity contribution in [2.24, 2.45) is 0 Å². The number of rotatable bonds is 7. The van der Waals surface area contributed by atoms with Gasteiger partial charge in [-0.25, -0.2) is 4.79 Å². The molecule has 164 valence electrons. The van der Waals surface area contributed by atoms with Crippen LogP contribution in [0, 0.1) is 10.1 Å². The van der Waals surface area contributed by atoms with E-state index in [0.717, 1.165) is 6.07 Å². The Kier molecular flexibility index (Phi) is 7.18. The van der Waals surface area contributed by atoms with Crippen molar-refractivity contribution in [3.63, 3.8) is 0 Å². The molecule has 0 aliphatic heterocycles. The first kappa shape index (κ1) is 22.9. The van der Waals surface area contributed by atoms with Gasteiger partial charge in [-0.05, 0) is 35.7 Å². The lowest BCUT2D eigenvalue weighted by Crippen LogP contribution is -2.28. The molecule has 2 aromatic carbocycles. The number of nitrogens with one attached hydrogen (secondary N) is 1. The third kappa shape index (κ3) is 5.29. The maximum Gasteiger partial charge on any atom is 0.340 e. The summed E-state index contributed by atoms with van der Waals surface area (Å²) in [6, 6.07) is 13.5. The van der Waals surface area contributed by atoms with Crippen LogP contribution in [0.2, 0.25) is 5.02 Å². The largest absolute Gasteiger partial charge is 0.452 e. The zero-order valence-electron chi connectivity index (χ0n) is 16.6. The summed E-state index contributed by atoms with van der Waals surface area (Å²) in [5.74, 6) is -1.90. The number of esters is 1. The predicted octanol–water partition coefficient (Wildman–Crippen LogP) is 4.38. The Labute approximate surface area is 191 Å². The van der Waals surface area contributed by atoms with Crippen LogP contribution in [0.15, 0.2) is 60.0 Å². The maximum atomic E-state index is 12.6. The molecule has 0 fully saturated rings. The van der Waals surface area contributed by atoms with Crippen molar-refractivity contribution in [1.29, 1.82) is 0 Å². The van der Waals surface area contributed by atoms with E-state index in [2.05, 4.69) is 5.32 Å². The molecule has 0 saturated carbocycles. The summed E-state index contributed by atoms with van der Waals surface area (Å²) in [5.41, 5.74) is -0.0757. The van der Waals surface area contributed by atoms with Crippen LogP contribution in [-0.2, 0) is 9.53 Å². The van der Waals surface area contributed by atoms with Gasteiger partial charge in [-0.2, -0.15) is 0 Å². The van der Waals surface area contributed by atoms with Crippen molar-refractivity contribution in [2.45, 2.75) is 0 Å². The Morgan fingerprint density at radius 3 is 2.59 bits per heavy atom. The second-order valence-corrected chi connectivity index (χ2v) is 7.79. The van der Waals surface area contributed by atoms with Gasteiger partial charge in [0.25, 0.3) is 17.5 Å². The van der Waals surface area contributed by atoms with E-state index in [1.54, 1.807) is 35.7 Å². The number of nitro benzene ring substituents is 1. The average molecular weight is 474 g/mol. The fraction of sp³-hybridized carbons (Fsp3) is 0.0952. The number of ether oxygens (including phenoxy) is 1. The van der Waals surface area contributed by atoms with Gasteiger partial charge in [-0.3, -0.25) is 19.7 Å². The molecule has 2 amide bonds. The topological polar surface area (TPSA) is 119 Å². The fourth-order valence-corrected chi connectivity index (χ4v) is 3.64. The summed E-state index contributed by atoms with van der Waals surface area (Å²) in [5, 5.41) is 15.4. The van der Waals surface area contributed by atoms with Gasteiger partial charge >= 0.3 is 5.97 Å². The molecule has 32 heavy (non-hydrogen) atoms. The Morgan fingerprint density at radius 1 is 1.16 bits per heavy atom. The highest BCUT2D eigenvalue weighted by Crippen LogP contribution is 2.28. The molecule has 0 atom stereocenters. The smallest absolute Gasteiger partial charge is 0.340 e. The molecule has 9 nitrogen and oxygen atoms in total. The molecule has 11 heteroatoms. The normalized spacial score (nSPS) is 10.3. The highest BCUT2D eigenvalue weighted by atomic mass is 35.5. The van der Waals surface area contributed by atoms with Gasteiger partial charge in [0.2, 0.25) is 0 Å². The number of hydrogen-bond donors (Lipinski definition) is 1. The third-order valence-electron chi connectivity index (χ3n) is 4.29. The van der Waals surface area contributed by atoms with Crippen LogP contribution in [0.5, 0.6) is 0 Å². The van der Waals surface area contributed by atoms with Crippen molar-refractivity contribution < 1.29 is 24.0 Å². The molecule has 0 radical (unpaired) electrons. The number of nitrogens with zero attached hydrogens (tertiary/aromatic N) is 2. The molecule has 1 heterocycles. The van der Waals surface area contributed by atoms with Gasteiger partial charge in [0.15, 0.2) is 6.61 Å². The number of hydrogen-bond acceptors (Lipinski definition) is 7. The molecule has 0 aliphatic carbocycles. The van der Waals surface area contributed by atoms with Crippen molar-refractivity contribution in [1.82, 2.24) is 0 Å². The van der Waals surface area contributed by atoms with Gasteiger partial charge in [-0.15, -0.1) is 11.3 Å². The highest BCUT2D eigenvalue weighted by molar-refractivity contribution is 7.12. The molecule has 3 aromatic rings. The summed E-state index contributed by atoms with van der Waals surface area (Å²) in [7, 11) is 1.53. The molecule has 0 saturated heterocycles. The van der Waals surface area contributed by atoms with E-state index in [1.807, 2.05) is 0 Å². The van der Waals surface area contributed by atoms with E-state index in [4.69, 9.17) is 16.3 Å². The zero-order valence-corrected chi connectivity index (χ0v) is 18.2. The number of amides is 2. The van der Waals surface area contributed by atoms with Crippen LogP contribution in [0.4, 0.5) is 17.1 Å². The van der Waals surface area contributed by atoms with Crippen LogP contribution >= 0.6 is 22.9 Å². The van der Waals surface area contributed by atoms with E-state index in [-0.39, 0.29) is 22.2 Å². The van der Waals surface area contributed by atoms with Gasteiger partial charge in [0.1, 0.15) is 5.69 Å². The van der Waals surface area contributed by atoms with E-state index in [1.165, 1.54) is 41.5 Å². The number of benzene rings is 2. The van der Waals surface area contributed by atoms with Crippen molar-refractivity contribution in [2.75, 3.05) is 23.9 Å². The van der Waals surface area contributed by atoms with Gasteiger partial charge in [0.05, 0.1) is 21.1 Å². The molecule has 0 unspecified atom stereocenters. The molecule has 1 aromatic heterocycles. The molecule has 1 N–H and O–H groups in total. The standard InChI is InChI=1S/C21H16ClN3O6S/c1-24(20(27)18-7-4-10-32-18)16-6-3-2-5-14(16)21(28)31-12-19(26)23-15-9-8-13(22)11-17(15)25(29)30/h2-11H,12H2,1H3,(H,23,26). The first-order valence-electron chi connectivity index (χ1n) is 9.09. The van der Waals surface area contributed by atoms with Crippen molar-refractivity contribution in [3.05, 3.63) is 85.6 Å². The number of carbonyl (C=O) groups excluding carboxylic acids is 3. The van der Waals surface area contributed by atoms with Gasteiger partial charge in [-0.1, -0.05) is 29.8 Å². The molecule has 0 spiro atoms. The van der Waals surface area contributed by atoms with Gasteiger partial charge in [0, 0.05) is 18.1 Å². The van der Waals surface area contributed by atoms with Crippen LogP contribution in [0.3, 0.4) is 0 Å².